The zero-order valence-electron chi connectivity index (χ0n) is 18.6. The SMILES string of the molecule is COc1ccc(F)cc1C(=O)NCc1ccc(-c2nn(C3CCNC3)c3ncnc(N)c23)cc1. The Hall–Kier alpha value is -4.05. The second-order valence-corrected chi connectivity index (χ2v) is 8.12. The second-order valence-electron chi connectivity index (χ2n) is 8.12. The highest BCUT2D eigenvalue weighted by Crippen LogP contribution is 2.32. The molecule has 1 amide bonds. The van der Waals surface area contributed by atoms with Gasteiger partial charge in [0.25, 0.3) is 5.91 Å². The molecular weight excluding hydrogens is 437 g/mol. The minimum absolute atomic E-state index is 0.146. The van der Waals surface area contributed by atoms with Gasteiger partial charge >= 0.3 is 0 Å². The van der Waals surface area contributed by atoms with Crippen molar-refractivity contribution in [3.63, 3.8) is 0 Å². The number of nitrogens with zero attached hydrogens (tertiary/aromatic N) is 4. The van der Waals surface area contributed by atoms with Gasteiger partial charge in [-0.2, -0.15) is 5.10 Å². The van der Waals surface area contributed by atoms with Crippen LogP contribution in [0.4, 0.5) is 10.2 Å². The molecule has 0 spiro atoms. The molecule has 0 bridgehead atoms. The lowest BCUT2D eigenvalue weighted by molar-refractivity contribution is 0.0947. The fourth-order valence-electron chi connectivity index (χ4n) is 4.22. The van der Waals surface area contributed by atoms with Crippen LogP contribution in [0.1, 0.15) is 28.4 Å². The molecule has 4 N–H and O–H groups in total. The van der Waals surface area contributed by atoms with Gasteiger partial charge in [0.1, 0.15) is 29.4 Å². The summed E-state index contributed by atoms with van der Waals surface area (Å²) in [5, 5.41) is 11.7. The van der Waals surface area contributed by atoms with E-state index < -0.39 is 11.7 Å². The number of hydrogen-bond donors (Lipinski definition) is 3. The molecule has 0 aliphatic carbocycles. The monoisotopic (exact) mass is 461 g/mol. The van der Waals surface area contributed by atoms with Crippen LogP contribution in [0, 0.1) is 5.82 Å². The number of rotatable bonds is 6. The number of methoxy groups -OCH3 is 1. The van der Waals surface area contributed by atoms with Gasteiger partial charge in [-0.3, -0.25) is 4.79 Å². The lowest BCUT2D eigenvalue weighted by atomic mass is 10.1. The number of benzene rings is 2. The van der Waals surface area contributed by atoms with Crippen molar-refractivity contribution in [2.45, 2.75) is 19.0 Å². The Morgan fingerprint density at radius 1 is 1.26 bits per heavy atom. The summed E-state index contributed by atoms with van der Waals surface area (Å²) in [7, 11) is 1.44. The number of fused-ring (bicyclic) bond motifs is 1. The molecule has 0 radical (unpaired) electrons. The summed E-state index contributed by atoms with van der Waals surface area (Å²) >= 11 is 0. The van der Waals surface area contributed by atoms with E-state index in [1.54, 1.807) is 0 Å². The lowest BCUT2D eigenvalue weighted by Gasteiger charge is -2.10. The number of aromatic nitrogens is 4. The van der Waals surface area contributed by atoms with Crippen LogP contribution >= 0.6 is 0 Å². The summed E-state index contributed by atoms with van der Waals surface area (Å²) in [6.07, 6.45) is 2.43. The molecular formula is C24H24FN7O2. The van der Waals surface area contributed by atoms with Crippen LogP contribution in [-0.2, 0) is 6.54 Å². The van der Waals surface area contributed by atoms with Crippen molar-refractivity contribution in [1.29, 1.82) is 0 Å². The maximum atomic E-state index is 13.6. The minimum atomic E-state index is -0.501. The Bertz CT molecular complexity index is 1350. The zero-order valence-corrected chi connectivity index (χ0v) is 18.6. The molecule has 2 aromatic carbocycles. The summed E-state index contributed by atoms with van der Waals surface area (Å²) in [6, 6.07) is 11.7. The Kier molecular flexibility index (Phi) is 5.81. The number of nitrogens with one attached hydrogen (secondary N) is 2. The number of anilines is 1. The predicted octanol–water partition coefficient (Wildman–Crippen LogP) is 2.69. The largest absolute Gasteiger partial charge is 0.496 e. The number of carbonyl (C=O) groups excluding carboxylic acids is 1. The normalized spacial score (nSPS) is 15.5. The molecule has 34 heavy (non-hydrogen) atoms. The van der Waals surface area contributed by atoms with Gasteiger partial charge in [0.15, 0.2) is 5.65 Å². The van der Waals surface area contributed by atoms with Gasteiger partial charge in [0.2, 0.25) is 0 Å². The minimum Gasteiger partial charge on any atom is -0.496 e. The first-order chi connectivity index (χ1) is 16.5. The van der Waals surface area contributed by atoms with Crippen molar-refractivity contribution >= 4 is 22.8 Å². The first-order valence-electron chi connectivity index (χ1n) is 11.0. The highest BCUT2D eigenvalue weighted by atomic mass is 19.1. The van der Waals surface area contributed by atoms with E-state index in [2.05, 4.69) is 20.6 Å². The van der Waals surface area contributed by atoms with Gasteiger partial charge in [0.05, 0.1) is 24.1 Å². The standard InChI is InChI=1S/C24H24FN7O2/c1-34-19-7-6-16(25)10-18(19)24(33)28-11-14-2-4-15(5-3-14)21-20-22(26)29-13-30-23(20)32(31-21)17-8-9-27-12-17/h2-7,10,13,17,27H,8-9,11-12H2,1H3,(H,28,33)(H2,26,29,30). The topological polar surface area (TPSA) is 120 Å². The third kappa shape index (κ3) is 4.03. The molecule has 10 heteroatoms. The molecule has 174 valence electrons. The molecule has 4 aromatic rings. The molecule has 1 atom stereocenters. The molecule has 3 heterocycles. The van der Waals surface area contributed by atoms with Crippen molar-refractivity contribution in [2.24, 2.45) is 0 Å². The Balaban J connectivity index is 1.38. The molecule has 1 aliphatic rings. The van der Waals surface area contributed by atoms with Gasteiger partial charge in [-0.1, -0.05) is 24.3 Å². The maximum absolute atomic E-state index is 13.6. The van der Waals surface area contributed by atoms with E-state index >= 15 is 0 Å². The summed E-state index contributed by atoms with van der Waals surface area (Å²) in [6.45, 7) is 2.03. The molecule has 1 fully saturated rings. The molecule has 9 nitrogen and oxygen atoms in total. The molecule has 1 aliphatic heterocycles. The van der Waals surface area contributed by atoms with E-state index in [1.807, 2.05) is 28.9 Å². The molecule has 2 aromatic heterocycles. The van der Waals surface area contributed by atoms with Gasteiger partial charge in [-0.25, -0.2) is 19.0 Å². The van der Waals surface area contributed by atoms with Crippen LogP contribution in [0.2, 0.25) is 0 Å². The van der Waals surface area contributed by atoms with E-state index in [0.29, 0.717) is 11.6 Å². The van der Waals surface area contributed by atoms with Gasteiger partial charge in [-0.05, 0) is 36.7 Å². The van der Waals surface area contributed by atoms with Crippen LogP contribution in [0.15, 0.2) is 48.8 Å². The van der Waals surface area contributed by atoms with E-state index in [1.165, 1.54) is 25.6 Å². The van der Waals surface area contributed by atoms with Crippen molar-refractivity contribution < 1.29 is 13.9 Å². The zero-order chi connectivity index (χ0) is 23.7. The number of carbonyl (C=O) groups is 1. The van der Waals surface area contributed by atoms with Gasteiger partial charge in [-0.15, -0.1) is 0 Å². The fraction of sp³-hybridized carbons (Fsp3) is 0.250. The number of nitrogen functional groups attached to an aromatic ring is 1. The van der Waals surface area contributed by atoms with Crippen molar-refractivity contribution in [3.05, 3.63) is 65.7 Å². The summed E-state index contributed by atoms with van der Waals surface area (Å²) in [4.78, 5) is 21.2. The van der Waals surface area contributed by atoms with Crippen LogP contribution < -0.4 is 21.1 Å². The second kappa shape index (κ2) is 9.06. The van der Waals surface area contributed by atoms with E-state index in [0.717, 1.165) is 53.4 Å². The average molecular weight is 462 g/mol. The molecule has 1 saturated heterocycles. The number of nitrogens with two attached hydrogens (primary N) is 1. The Morgan fingerprint density at radius 3 is 2.82 bits per heavy atom. The van der Waals surface area contributed by atoms with E-state index in [-0.39, 0.29) is 18.2 Å². The third-order valence-electron chi connectivity index (χ3n) is 5.98. The Labute approximate surface area is 195 Å². The number of halogens is 1. The van der Waals surface area contributed by atoms with Gasteiger partial charge in [0, 0.05) is 18.7 Å². The summed E-state index contributed by atoms with van der Waals surface area (Å²) < 4.78 is 20.7. The average Bonchev–Trinajstić information content (AvgIpc) is 3.52. The van der Waals surface area contributed by atoms with Crippen LogP contribution in [0.5, 0.6) is 5.75 Å². The number of amides is 1. The smallest absolute Gasteiger partial charge is 0.255 e. The molecule has 5 rings (SSSR count). The van der Waals surface area contributed by atoms with Crippen LogP contribution in [0.3, 0.4) is 0 Å². The van der Waals surface area contributed by atoms with E-state index in [9.17, 15) is 9.18 Å². The predicted molar refractivity (Wildman–Crippen MR) is 126 cm³/mol. The fourth-order valence-corrected chi connectivity index (χ4v) is 4.22. The highest BCUT2D eigenvalue weighted by molar-refractivity contribution is 5.98. The maximum Gasteiger partial charge on any atom is 0.255 e. The van der Waals surface area contributed by atoms with Gasteiger partial charge < -0.3 is 21.1 Å². The molecule has 0 saturated carbocycles. The van der Waals surface area contributed by atoms with E-state index in [4.69, 9.17) is 15.6 Å². The third-order valence-corrected chi connectivity index (χ3v) is 5.98. The molecule has 1 unspecified atom stereocenters. The van der Waals surface area contributed by atoms with Crippen molar-refractivity contribution in [1.82, 2.24) is 30.4 Å². The first kappa shape index (κ1) is 21.8. The number of hydrogen-bond acceptors (Lipinski definition) is 7. The van der Waals surface area contributed by atoms with Crippen LogP contribution in [0.25, 0.3) is 22.3 Å². The quantitative estimate of drug-likeness (QED) is 0.404. The highest BCUT2D eigenvalue weighted by Gasteiger charge is 2.24. The van der Waals surface area contributed by atoms with Crippen molar-refractivity contribution in [3.8, 4) is 17.0 Å². The van der Waals surface area contributed by atoms with Crippen molar-refractivity contribution in [2.75, 3.05) is 25.9 Å². The van der Waals surface area contributed by atoms with Crippen LogP contribution in [-0.4, -0.2) is 45.9 Å². The summed E-state index contributed by atoms with van der Waals surface area (Å²) in [5.41, 5.74) is 9.54. The Morgan fingerprint density at radius 2 is 2.09 bits per heavy atom. The lowest BCUT2D eigenvalue weighted by Crippen LogP contribution is -2.23. The number of ether oxygens (including phenoxy) is 1. The summed E-state index contributed by atoms with van der Waals surface area (Å²) in [5.74, 6) is -0.217. The first-order valence-corrected chi connectivity index (χ1v) is 11.0.